The van der Waals surface area contributed by atoms with Crippen LogP contribution in [-0.4, -0.2) is 32.2 Å². The highest BCUT2D eigenvalue weighted by molar-refractivity contribution is 7.89. The van der Waals surface area contributed by atoms with Crippen molar-refractivity contribution >= 4 is 10.0 Å². The van der Waals surface area contributed by atoms with Crippen LogP contribution in [0.4, 0.5) is 0 Å². The lowest BCUT2D eigenvalue weighted by atomic mass is 10.2. The molecule has 0 aromatic heterocycles. The molecule has 28 heavy (non-hydrogen) atoms. The van der Waals surface area contributed by atoms with Crippen LogP contribution in [0.5, 0.6) is 11.5 Å². The fraction of sp³-hybridized carbons (Fsp3) is 0.364. The average molecular weight is 404 g/mol. The Hall–Kier alpha value is -2.31. The van der Waals surface area contributed by atoms with Gasteiger partial charge in [-0.3, -0.25) is 0 Å². The third-order valence-electron chi connectivity index (χ3n) is 4.68. The number of nitrogens with zero attached hydrogens (tertiary/aromatic N) is 1. The van der Waals surface area contributed by atoms with Crippen molar-refractivity contribution in [3.05, 3.63) is 72.3 Å². The standard InChI is InChI=1S/C22H29NO4S/c1-5-6-7-18(2)28(24,25)23(16-19-8-12-21(26-3)13-9-19)17-20-10-14-22(27-4)15-11-20/h5,8-15,18H,1,6-7,16-17H2,2-4H3/t18-/m0/s1. The molecule has 0 heterocycles. The molecule has 0 aliphatic heterocycles. The third-order valence-corrected chi connectivity index (χ3v) is 6.91. The summed E-state index contributed by atoms with van der Waals surface area (Å²) in [6.45, 7) is 6.06. The van der Waals surface area contributed by atoms with Gasteiger partial charge >= 0.3 is 0 Å². The van der Waals surface area contributed by atoms with Gasteiger partial charge in [0.1, 0.15) is 11.5 Å². The summed E-state index contributed by atoms with van der Waals surface area (Å²) >= 11 is 0. The first kappa shape index (κ1) is 22.0. The van der Waals surface area contributed by atoms with Crippen LogP contribution in [0.1, 0.15) is 30.9 Å². The maximum Gasteiger partial charge on any atom is 0.217 e. The number of ether oxygens (including phenoxy) is 2. The summed E-state index contributed by atoms with van der Waals surface area (Å²) in [5.74, 6) is 1.49. The fourth-order valence-corrected chi connectivity index (χ4v) is 4.46. The minimum atomic E-state index is -3.48. The van der Waals surface area contributed by atoms with E-state index in [0.29, 0.717) is 25.9 Å². The lowest BCUT2D eigenvalue weighted by Gasteiger charge is -2.26. The van der Waals surface area contributed by atoms with Crippen LogP contribution in [0.15, 0.2) is 61.2 Å². The highest BCUT2D eigenvalue weighted by atomic mass is 32.2. The largest absolute Gasteiger partial charge is 0.497 e. The maximum atomic E-state index is 13.2. The highest BCUT2D eigenvalue weighted by Gasteiger charge is 2.28. The minimum Gasteiger partial charge on any atom is -0.497 e. The Bertz CT molecular complexity index is 796. The number of methoxy groups -OCH3 is 2. The molecule has 0 N–H and O–H groups in total. The van der Waals surface area contributed by atoms with E-state index in [-0.39, 0.29) is 0 Å². The zero-order valence-electron chi connectivity index (χ0n) is 16.8. The number of sulfonamides is 1. The molecule has 0 saturated heterocycles. The van der Waals surface area contributed by atoms with Crippen molar-refractivity contribution in [1.82, 2.24) is 4.31 Å². The molecule has 2 rings (SSSR count). The van der Waals surface area contributed by atoms with Gasteiger partial charge in [0, 0.05) is 13.1 Å². The van der Waals surface area contributed by atoms with E-state index in [9.17, 15) is 8.42 Å². The molecule has 0 saturated carbocycles. The number of benzene rings is 2. The molecule has 0 amide bonds. The van der Waals surface area contributed by atoms with Crippen LogP contribution in [0.25, 0.3) is 0 Å². The van der Waals surface area contributed by atoms with E-state index in [1.54, 1.807) is 31.5 Å². The van der Waals surface area contributed by atoms with Crippen LogP contribution in [-0.2, 0) is 23.1 Å². The third kappa shape index (κ3) is 5.84. The van der Waals surface area contributed by atoms with E-state index >= 15 is 0 Å². The summed E-state index contributed by atoms with van der Waals surface area (Å²) < 4.78 is 38.4. The average Bonchev–Trinajstić information content (AvgIpc) is 2.72. The van der Waals surface area contributed by atoms with Crippen molar-refractivity contribution in [1.29, 1.82) is 0 Å². The smallest absolute Gasteiger partial charge is 0.217 e. The van der Waals surface area contributed by atoms with Crippen LogP contribution >= 0.6 is 0 Å². The van der Waals surface area contributed by atoms with Crippen LogP contribution in [0, 0.1) is 0 Å². The molecular weight excluding hydrogens is 374 g/mol. The monoisotopic (exact) mass is 403 g/mol. The van der Waals surface area contributed by atoms with Gasteiger partial charge in [-0.15, -0.1) is 6.58 Å². The molecule has 1 atom stereocenters. The van der Waals surface area contributed by atoms with Crippen molar-refractivity contribution in [3.63, 3.8) is 0 Å². The molecule has 5 nitrogen and oxygen atoms in total. The summed E-state index contributed by atoms with van der Waals surface area (Å²) in [7, 11) is -0.262. The Morgan fingerprint density at radius 3 is 1.71 bits per heavy atom. The Morgan fingerprint density at radius 2 is 1.36 bits per heavy atom. The van der Waals surface area contributed by atoms with Crippen LogP contribution < -0.4 is 9.47 Å². The predicted octanol–water partition coefficient (Wildman–Crippen LogP) is 4.39. The lowest BCUT2D eigenvalue weighted by Crippen LogP contribution is -2.36. The van der Waals surface area contributed by atoms with Gasteiger partial charge in [0.15, 0.2) is 0 Å². The Morgan fingerprint density at radius 1 is 0.929 bits per heavy atom. The second-order valence-electron chi connectivity index (χ2n) is 6.69. The van der Waals surface area contributed by atoms with Crippen LogP contribution in [0.2, 0.25) is 0 Å². The van der Waals surface area contributed by atoms with Gasteiger partial charge in [0.2, 0.25) is 10.0 Å². The fourth-order valence-electron chi connectivity index (χ4n) is 2.86. The molecule has 0 aliphatic rings. The Labute approximate surface area is 168 Å². The molecule has 6 heteroatoms. The molecule has 0 fully saturated rings. The van der Waals surface area contributed by atoms with Gasteiger partial charge in [-0.25, -0.2) is 8.42 Å². The van der Waals surface area contributed by atoms with Gasteiger partial charge in [-0.2, -0.15) is 4.31 Å². The van der Waals surface area contributed by atoms with E-state index in [2.05, 4.69) is 6.58 Å². The molecule has 0 unspecified atom stereocenters. The van der Waals surface area contributed by atoms with Gasteiger partial charge < -0.3 is 9.47 Å². The first-order chi connectivity index (χ1) is 13.4. The summed E-state index contributed by atoms with van der Waals surface area (Å²) in [5.41, 5.74) is 1.82. The lowest BCUT2D eigenvalue weighted by molar-refractivity contribution is 0.391. The second-order valence-corrected chi connectivity index (χ2v) is 9.04. The normalized spacial score (nSPS) is 12.6. The molecule has 0 aliphatic carbocycles. The van der Waals surface area contributed by atoms with E-state index in [4.69, 9.17) is 9.47 Å². The van der Waals surface area contributed by atoms with Gasteiger partial charge in [-0.1, -0.05) is 30.3 Å². The SMILES string of the molecule is C=CCC[C@H](C)S(=O)(=O)N(Cc1ccc(OC)cc1)Cc1ccc(OC)cc1. The number of hydrogen-bond donors (Lipinski definition) is 0. The second kappa shape index (κ2) is 10.3. The zero-order valence-corrected chi connectivity index (χ0v) is 17.6. The Balaban J connectivity index is 2.28. The van der Waals surface area contributed by atoms with E-state index < -0.39 is 15.3 Å². The number of rotatable bonds is 11. The highest BCUT2D eigenvalue weighted by Crippen LogP contribution is 2.22. The van der Waals surface area contributed by atoms with Crippen molar-refractivity contribution < 1.29 is 17.9 Å². The topological polar surface area (TPSA) is 55.8 Å². The molecule has 0 bridgehead atoms. The molecule has 152 valence electrons. The zero-order chi connectivity index (χ0) is 20.6. The maximum absolute atomic E-state index is 13.2. The molecule has 2 aromatic carbocycles. The van der Waals surface area contributed by atoms with Gasteiger partial charge in [0.25, 0.3) is 0 Å². The van der Waals surface area contributed by atoms with Gasteiger partial charge in [-0.05, 0) is 55.2 Å². The van der Waals surface area contributed by atoms with Gasteiger partial charge in [0.05, 0.1) is 19.5 Å². The molecule has 2 aromatic rings. The number of hydrogen-bond acceptors (Lipinski definition) is 4. The first-order valence-corrected chi connectivity index (χ1v) is 10.8. The van der Waals surface area contributed by atoms with E-state index in [1.165, 1.54) is 0 Å². The van der Waals surface area contributed by atoms with Crippen LogP contribution in [0.3, 0.4) is 0 Å². The van der Waals surface area contributed by atoms with Crippen molar-refractivity contribution in [2.75, 3.05) is 14.2 Å². The summed E-state index contributed by atoms with van der Waals surface area (Å²) in [5, 5.41) is -0.484. The van der Waals surface area contributed by atoms with Crippen molar-refractivity contribution in [2.24, 2.45) is 0 Å². The molecular formula is C22H29NO4S. The van der Waals surface area contributed by atoms with Crippen molar-refractivity contribution in [2.45, 2.75) is 38.1 Å². The summed E-state index contributed by atoms with van der Waals surface area (Å²) in [6.07, 6.45) is 2.97. The predicted molar refractivity (Wildman–Crippen MR) is 113 cm³/mol. The minimum absolute atomic E-state index is 0.302. The summed E-state index contributed by atoms with van der Waals surface area (Å²) in [4.78, 5) is 0. The Kier molecular flexibility index (Phi) is 8.08. The first-order valence-electron chi connectivity index (χ1n) is 9.26. The quantitative estimate of drug-likeness (QED) is 0.522. The van der Waals surface area contributed by atoms with E-state index in [0.717, 1.165) is 22.6 Å². The molecule has 0 radical (unpaired) electrons. The summed E-state index contributed by atoms with van der Waals surface area (Å²) in [6, 6.07) is 14.9. The van der Waals surface area contributed by atoms with E-state index in [1.807, 2.05) is 48.5 Å². The molecule has 0 spiro atoms. The van der Waals surface area contributed by atoms with Crippen molar-refractivity contribution in [3.8, 4) is 11.5 Å². The number of allylic oxidation sites excluding steroid dienone is 1.